The van der Waals surface area contributed by atoms with Gasteiger partial charge in [0.15, 0.2) is 0 Å². The van der Waals surface area contributed by atoms with Crippen molar-refractivity contribution >= 4 is 5.97 Å². The van der Waals surface area contributed by atoms with Gasteiger partial charge in [0.2, 0.25) is 0 Å². The van der Waals surface area contributed by atoms with Crippen LogP contribution < -0.4 is 5.48 Å². The van der Waals surface area contributed by atoms with Crippen molar-refractivity contribution in [3.63, 3.8) is 0 Å². The maximum Gasteiger partial charge on any atom is 0.366 e. The molecule has 76 valence electrons. The smallest absolute Gasteiger partial charge is 0.366 e. The predicted octanol–water partition coefficient (Wildman–Crippen LogP) is 1.31. The summed E-state index contributed by atoms with van der Waals surface area (Å²) in [6.07, 6.45) is 0. The van der Waals surface area contributed by atoms with E-state index in [2.05, 4.69) is 16.9 Å². The van der Waals surface area contributed by atoms with Gasteiger partial charge in [0.1, 0.15) is 11.6 Å². The highest BCUT2D eigenvalue weighted by molar-refractivity contribution is 5.91. The summed E-state index contributed by atoms with van der Waals surface area (Å²) >= 11 is 0. The molecule has 0 aliphatic rings. The molecule has 0 bridgehead atoms. The fraction of sp³-hybridized carbons (Fsp3) is 0.0909. The first-order valence-corrected chi connectivity index (χ1v) is 4.31. The van der Waals surface area contributed by atoms with Crippen LogP contribution in [-0.4, -0.2) is 5.97 Å². The lowest BCUT2D eigenvalue weighted by atomic mass is 10.2. The number of nitriles is 1. The number of hydrogen-bond acceptors (Lipinski definition) is 4. The van der Waals surface area contributed by atoms with Gasteiger partial charge < -0.3 is 4.84 Å². The SMILES string of the molecule is C=C(C#N)C(=O)ONCc1ccccc1. The number of nitrogens with one attached hydrogen (secondary N) is 1. The Balaban J connectivity index is 2.32. The molecule has 0 radical (unpaired) electrons. The number of hydrogen-bond donors (Lipinski definition) is 1. The van der Waals surface area contributed by atoms with E-state index in [1.165, 1.54) is 0 Å². The molecule has 0 amide bonds. The molecule has 4 nitrogen and oxygen atoms in total. The van der Waals surface area contributed by atoms with E-state index in [0.29, 0.717) is 6.54 Å². The first-order chi connectivity index (χ1) is 7.24. The Hall–Kier alpha value is -2.12. The monoisotopic (exact) mass is 202 g/mol. The van der Waals surface area contributed by atoms with E-state index in [9.17, 15) is 4.79 Å². The molecule has 0 saturated heterocycles. The van der Waals surface area contributed by atoms with Crippen LogP contribution in [0, 0.1) is 11.3 Å². The largest absolute Gasteiger partial charge is 0.366 e. The number of rotatable bonds is 4. The van der Waals surface area contributed by atoms with E-state index in [1.54, 1.807) is 6.07 Å². The zero-order chi connectivity index (χ0) is 11.1. The summed E-state index contributed by atoms with van der Waals surface area (Å²) < 4.78 is 0. The van der Waals surface area contributed by atoms with Crippen molar-refractivity contribution in [2.45, 2.75) is 6.54 Å². The summed E-state index contributed by atoms with van der Waals surface area (Å²) in [6, 6.07) is 11.0. The van der Waals surface area contributed by atoms with Gasteiger partial charge in [0, 0.05) is 0 Å². The third kappa shape index (κ3) is 3.63. The molecule has 0 aromatic heterocycles. The number of benzene rings is 1. The molecule has 15 heavy (non-hydrogen) atoms. The maximum atomic E-state index is 11.0. The van der Waals surface area contributed by atoms with Crippen molar-refractivity contribution in [3.8, 4) is 6.07 Å². The van der Waals surface area contributed by atoms with Gasteiger partial charge in [-0.2, -0.15) is 5.26 Å². The Morgan fingerprint density at radius 3 is 2.73 bits per heavy atom. The summed E-state index contributed by atoms with van der Waals surface area (Å²) in [4.78, 5) is 15.5. The Labute approximate surface area is 87.7 Å². The molecule has 0 fully saturated rings. The lowest BCUT2D eigenvalue weighted by Crippen LogP contribution is -2.20. The highest BCUT2D eigenvalue weighted by atomic mass is 16.7. The van der Waals surface area contributed by atoms with Crippen LogP contribution in [0.15, 0.2) is 42.5 Å². The highest BCUT2D eigenvalue weighted by Crippen LogP contribution is 1.97. The van der Waals surface area contributed by atoms with Crippen LogP contribution >= 0.6 is 0 Å². The number of carbonyl (C=O) groups excluding carboxylic acids is 1. The van der Waals surface area contributed by atoms with Crippen LogP contribution in [0.2, 0.25) is 0 Å². The first-order valence-electron chi connectivity index (χ1n) is 4.31. The normalized spacial score (nSPS) is 9.00. The van der Waals surface area contributed by atoms with E-state index in [1.807, 2.05) is 30.3 Å². The molecule has 1 rings (SSSR count). The van der Waals surface area contributed by atoms with Crippen molar-refractivity contribution in [3.05, 3.63) is 48.0 Å². The minimum atomic E-state index is -0.756. The van der Waals surface area contributed by atoms with Gasteiger partial charge in [-0.1, -0.05) is 36.9 Å². The van der Waals surface area contributed by atoms with E-state index >= 15 is 0 Å². The zero-order valence-corrected chi connectivity index (χ0v) is 8.06. The Kier molecular flexibility index (Phi) is 4.07. The summed E-state index contributed by atoms with van der Waals surface area (Å²) in [5.41, 5.74) is 3.21. The van der Waals surface area contributed by atoms with E-state index in [-0.39, 0.29) is 5.57 Å². The first kappa shape index (κ1) is 11.0. The van der Waals surface area contributed by atoms with Crippen molar-refractivity contribution in [1.82, 2.24) is 5.48 Å². The van der Waals surface area contributed by atoms with Gasteiger partial charge in [0.05, 0.1) is 6.54 Å². The zero-order valence-electron chi connectivity index (χ0n) is 8.06. The summed E-state index contributed by atoms with van der Waals surface area (Å²) in [6.45, 7) is 3.62. The van der Waals surface area contributed by atoms with Crippen molar-refractivity contribution in [2.24, 2.45) is 0 Å². The van der Waals surface area contributed by atoms with Gasteiger partial charge in [0.25, 0.3) is 0 Å². The van der Waals surface area contributed by atoms with E-state index in [4.69, 9.17) is 5.26 Å². The minimum absolute atomic E-state index is 0.226. The molecule has 0 aliphatic carbocycles. The summed E-state index contributed by atoms with van der Waals surface area (Å²) in [5.74, 6) is -0.756. The van der Waals surface area contributed by atoms with Gasteiger partial charge in [-0.25, -0.2) is 4.79 Å². The Bertz CT molecular complexity index is 393. The van der Waals surface area contributed by atoms with Gasteiger partial charge in [-0.3, -0.25) is 0 Å². The minimum Gasteiger partial charge on any atom is -0.366 e. The highest BCUT2D eigenvalue weighted by Gasteiger charge is 2.06. The molecule has 1 aromatic rings. The average Bonchev–Trinajstić information content (AvgIpc) is 2.29. The van der Waals surface area contributed by atoms with E-state index in [0.717, 1.165) is 5.56 Å². The van der Waals surface area contributed by atoms with Crippen molar-refractivity contribution in [1.29, 1.82) is 5.26 Å². The molecule has 1 N–H and O–H groups in total. The maximum absolute atomic E-state index is 11.0. The standard InChI is InChI=1S/C11H10N2O2/c1-9(7-12)11(14)15-13-8-10-5-3-2-4-6-10/h2-6,13H,1,8H2. The molecule has 1 aromatic carbocycles. The molecule has 0 aliphatic heterocycles. The van der Waals surface area contributed by atoms with Crippen molar-refractivity contribution in [2.75, 3.05) is 0 Å². The van der Waals surface area contributed by atoms with Crippen LogP contribution in [0.5, 0.6) is 0 Å². The second kappa shape index (κ2) is 5.58. The fourth-order valence-corrected chi connectivity index (χ4v) is 0.888. The third-order valence-electron chi connectivity index (χ3n) is 1.67. The second-order valence-corrected chi connectivity index (χ2v) is 2.79. The summed E-state index contributed by atoms with van der Waals surface area (Å²) in [5, 5.41) is 8.34. The van der Waals surface area contributed by atoms with Gasteiger partial charge in [-0.15, -0.1) is 5.48 Å². The van der Waals surface area contributed by atoms with Crippen LogP contribution in [0.3, 0.4) is 0 Å². The molecule has 0 unspecified atom stereocenters. The van der Waals surface area contributed by atoms with Gasteiger partial charge in [-0.05, 0) is 5.56 Å². The number of carbonyl (C=O) groups is 1. The molecule has 0 spiro atoms. The quantitative estimate of drug-likeness (QED) is 0.454. The third-order valence-corrected chi connectivity index (χ3v) is 1.67. The molecular formula is C11H10N2O2. The molecule has 4 heteroatoms. The van der Waals surface area contributed by atoms with Crippen LogP contribution in [-0.2, 0) is 16.2 Å². The van der Waals surface area contributed by atoms with Crippen LogP contribution in [0.4, 0.5) is 0 Å². The predicted molar refractivity (Wildman–Crippen MR) is 54.1 cm³/mol. The number of hydroxylamine groups is 1. The average molecular weight is 202 g/mol. The molecule has 0 atom stereocenters. The Morgan fingerprint density at radius 2 is 2.13 bits per heavy atom. The molecule has 0 saturated carbocycles. The topological polar surface area (TPSA) is 62.1 Å². The second-order valence-electron chi connectivity index (χ2n) is 2.79. The molecular weight excluding hydrogens is 192 g/mol. The van der Waals surface area contributed by atoms with Crippen LogP contribution in [0.25, 0.3) is 0 Å². The number of nitrogens with zero attached hydrogens (tertiary/aromatic N) is 1. The summed E-state index contributed by atoms with van der Waals surface area (Å²) in [7, 11) is 0. The van der Waals surface area contributed by atoms with E-state index < -0.39 is 5.97 Å². The molecule has 0 heterocycles. The fourth-order valence-electron chi connectivity index (χ4n) is 0.888. The Morgan fingerprint density at radius 1 is 1.47 bits per heavy atom. The van der Waals surface area contributed by atoms with Gasteiger partial charge >= 0.3 is 5.97 Å². The van der Waals surface area contributed by atoms with Crippen molar-refractivity contribution < 1.29 is 9.63 Å². The van der Waals surface area contributed by atoms with Crippen LogP contribution in [0.1, 0.15) is 5.56 Å². The lowest BCUT2D eigenvalue weighted by Gasteiger charge is -2.03. The lowest BCUT2D eigenvalue weighted by molar-refractivity contribution is -0.146.